The Morgan fingerprint density at radius 1 is 0.962 bits per heavy atom. The summed E-state index contributed by atoms with van der Waals surface area (Å²) in [6.07, 6.45) is 2.98. The van der Waals surface area contributed by atoms with Crippen molar-refractivity contribution in [3.63, 3.8) is 0 Å². The van der Waals surface area contributed by atoms with Crippen LogP contribution < -0.4 is 10.6 Å². The lowest BCUT2D eigenvalue weighted by Crippen LogP contribution is -2.30. The number of para-hydroxylation sites is 1. The van der Waals surface area contributed by atoms with Gasteiger partial charge in [-0.05, 0) is 42.5 Å². The number of amides is 2. The Hall–Kier alpha value is -3.12. The molecule has 3 aromatic rings. The van der Waals surface area contributed by atoms with E-state index in [-0.39, 0.29) is 5.70 Å². The van der Waals surface area contributed by atoms with Crippen molar-refractivity contribution in [1.82, 2.24) is 5.32 Å². The van der Waals surface area contributed by atoms with Crippen molar-refractivity contribution in [3.8, 4) is 0 Å². The van der Waals surface area contributed by atoms with Gasteiger partial charge in [0.2, 0.25) is 0 Å². The third-order valence-electron chi connectivity index (χ3n) is 3.44. The van der Waals surface area contributed by atoms with Gasteiger partial charge in [0.15, 0.2) is 0 Å². The Bertz CT molecular complexity index is 935. The molecule has 2 aromatic carbocycles. The van der Waals surface area contributed by atoms with E-state index in [1.165, 1.54) is 12.3 Å². The third kappa shape index (κ3) is 4.70. The quantitative estimate of drug-likeness (QED) is 0.610. The van der Waals surface area contributed by atoms with Gasteiger partial charge in [0.25, 0.3) is 11.8 Å². The normalized spacial score (nSPS) is 11.0. The predicted octanol–water partition coefficient (Wildman–Crippen LogP) is 4.45. The van der Waals surface area contributed by atoms with Crippen LogP contribution >= 0.6 is 15.9 Å². The van der Waals surface area contributed by atoms with Crippen molar-refractivity contribution >= 4 is 39.5 Å². The Morgan fingerprint density at radius 3 is 2.46 bits per heavy atom. The zero-order chi connectivity index (χ0) is 18.4. The maximum absolute atomic E-state index is 12.6. The van der Waals surface area contributed by atoms with Gasteiger partial charge in [-0.1, -0.05) is 40.2 Å². The molecule has 0 aliphatic rings. The molecule has 0 atom stereocenters. The largest absolute Gasteiger partial charge is 0.465 e. The lowest BCUT2D eigenvalue weighted by atomic mass is 10.2. The smallest absolute Gasteiger partial charge is 0.272 e. The number of carbonyl (C=O) groups excluding carboxylic acids is 2. The number of furan rings is 1. The Kier molecular flexibility index (Phi) is 5.66. The van der Waals surface area contributed by atoms with Crippen LogP contribution in [0.3, 0.4) is 0 Å². The second kappa shape index (κ2) is 8.31. The highest BCUT2D eigenvalue weighted by atomic mass is 79.9. The second-order valence-corrected chi connectivity index (χ2v) is 6.27. The maximum atomic E-state index is 12.6. The maximum Gasteiger partial charge on any atom is 0.272 e. The Labute approximate surface area is 158 Å². The number of hydrogen-bond acceptors (Lipinski definition) is 3. The molecule has 0 saturated heterocycles. The number of nitrogens with one attached hydrogen (secondary N) is 2. The van der Waals surface area contributed by atoms with Crippen LogP contribution in [0.4, 0.5) is 5.69 Å². The van der Waals surface area contributed by atoms with Gasteiger partial charge in [0, 0.05) is 21.8 Å². The van der Waals surface area contributed by atoms with E-state index in [0.29, 0.717) is 17.0 Å². The summed E-state index contributed by atoms with van der Waals surface area (Å²) in [7, 11) is 0. The van der Waals surface area contributed by atoms with Crippen LogP contribution in [0.25, 0.3) is 6.08 Å². The molecule has 0 radical (unpaired) electrons. The van der Waals surface area contributed by atoms with Crippen molar-refractivity contribution in [1.29, 1.82) is 0 Å². The van der Waals surface area contributed by atoms with Crippen LogP contribution in [0.2, 0.25) is 0 Å². The molecule has 0 unspecified atom stereocenters. The molecule has 1 aromatic heterocycles. The molecule has 0 aliphatic carbocycles. The second-order valence-electron chi connectivity index (χ2n) is 5.36. The van der Waals surface area contributed by atoms with E-state index < -0.39 is 11.8 Å². The van der Waals surface area contributed by atoms with Crippen LogP contribution in [0.15, 0.2) is 87.6 Å². The van der Waals surface area contributed by atoms with Crippen molar-refractivity contribution < 1.29 is 14.0 Å². The molecular formula is C20H15BrN2O3. The first-order valence-electron chi connectivity index (χ1n) is 7.80. The van der Waals surface area contributed by atoms with Gasteiger partial charge in [-0.2, -0.15) is 0 Å². The molecule has 0 spiro atoms. The molecule has 130 valence electrons. The first kappa shape index (κ1) is 17.7. The molecule has 5 nitrogen and oxygen atoms in total. The van der Waals surface area contributed by atoms with Gasteiger partial charge in [-0.25, -0.2) is 0 Å². The van der Waals surface area contributed by atoms with E-state index in [1.54, 1.807) is 42.5 Å². The van der Waals surface area contributed by atoms with E-state index in [9.17, 15) is 9.59 Å². The van der Waals surface area contributed by atoms with E-state index in [2.05, 4.69) is 26.6 Å². The van der Waals surface area contributed by atoms with Crippen molar-refractivity contribution in [2.75, 3.05) is 5.32 Å². The van der Waals surface area contributed by atoms with Crippen molar-refractivity contribution in [2.24, 2.45) is 0 Å². The number of carbonyl (C=O) groups is 2. The molecule has 3 rings (SSSR count). The summed E-state index contributed by atoms with van der Waals surface area (Å²) < 4.78 is 6.03. The molecular weight excluding hydrogens is 396 g/mol. The molecule has 6 heteroatoms. The number of benzene rings is 2. The predicted molar refractivity (Wildman–Crippen MR) is 103 cm³/mol. The summed E-state index contributed by atoms with van der Waals surface area (Å²) in [5.74, 6) is -0.388. The average Bonchev–Trinajstić information content (AvgIpc) is 3.15. The van der Waals surface area contributed by atoms with E-state index in [1.807, 2.05) is 24.3 Å². The van der Waals surface area contributed by atoms with E-state index >= 15 is 0 Å². The number of rotatable bonds is 5. The highest BCUT2D eigenvalue weighted by molar-refractivity contribution is 9.10. The number of hydrogen-bond donors (Lipinski definition) is 2. The molecule has 0 bridgehead atoms. The summed E-state index contributed by atoms with van der Waals surface area (Å²) in [5.41, 5.74) is 1.13. The van der Waals surface area contributed by atoms with Crippen LogP contribution in [0.5, 0.6) is 0 Å². The SMILES string of the molecule is O=C(Nc1ccccc1)/C(=C\c1ccco1)NC(=O)c1cccc(Br)c1. The van der Waals surface area contributed by atoms with Crippen molar-refractivity contribution in [3.05, 3.63) is 94.5 Å². The summed E-state index contributed by atoms with van der Waals surface area (Å²) in [6.45, 7) is 0. The van der Waals surface area contributed by atoms with E-state index in [0.717, 1.165) is 4.47 Å². The van der Waals surface area contributed by atoms with Gasteiger partial charge in [-0.15, -0.1) is 0 Å². The average molecular weight is 411 g/mol. The lowest BCUT2D eigenvalue weighted by Gasteiger charge is -2.11. The van der Waals surface area contributed by atoms with Crippen LogP contribution in [0.1, 0.15) is 16.1 Å². The fourth-order valence-corrected chi connectivity index (χ4v) is 2.62. The zero-order valence-corrected chi connectivity index (χ0v) is 15.2. The van der Waals surface area contributed by atoms with Crippen LogP contribution in [0, 0.1) is 0 Å². The van der Waals surface area contributed by atoms with Crippen molar-refractivity contribution in [2.45, 2.75) is 0 Å². The fourth-order valence-electron chi connectivity index (χ4n) is 2.22. The summed E-state index contributed by atoms with van der Waals surface area (Å²) in [6, 6.07) is 19.3. The summed E-state index contributed by atoms with van der Waals surface area (Å²) in [4.78, 5) is 25.1. The van der Waals surface area contributed by atoms with Gasteiger partial charge >= 0.3 is 0 Å². The Balaban J connectivity index is 1.84. The monoisotopic (exact) mass is 410 g/mol. The first-order chi connectivity index (χ1) is 12.6. The van der Waals surface area contributed by atoms with Gasteiger partial charge in [0.05, 0.1) is 6.26 Å². The zero-order valence-electron chi connectivity index (χ0n) is 13.6. The summed E-state index contributed by atoms with van der Waals surface area (Å²) >= 11 is 3.33. The summed E-state index contributed by atoms with van der Waals surface area (Å²) in [5, 5.41) is 5.40. The molecule has 0 fully saturated rings. The van der Waals surface area contributed by atoms with Gasteiger partial charge in [0.1, 0.15) is 11.5 Å². The molecule has 0 aliphatic heterocycles. The molecule has 26 heavy (non-hydrogen) atoms. The molecule has 0 saturated carbocycles. The van der Waals surface area contributed by atoms with Gasteiger partial charge in [-0.3, -0.25) is 9.59 Å². The molecule has 2 amide bonds. The first-order valence-corrected chi connectivity index (χ1v) is 8.59. The van der Waals surface area contributed by atoms with E-state index in [4.69, 9.17) is 4.42 Å². The minimum Gasteiger partial charge on any atom is -0.465 e. The standard InChI is InChI=1S/C20H15BrN2O3/c21-15-7-4-6-14(12-15)19(24)23-18(13-17-10-5-11-26-17)20(25)22-16-8-2-1-3-9-16/h1-13H,(H,22,25)(H,23,24)/b18-13+. The highest BCUT2D eigenvalue weighted by Gasteiger charge is 2.15. The van der Waals surface area contributed by atoms with Gasteiger partial charge < -0.3 is 15.1 Å². The van der Waals surface area contributed by atoms with Crippen LogP contribution in [-0.2, 0) is 4.79 Å². The fraction of sp³-hybridized carbons (Fsp3) is 0. The minimum absolute atomic E-state index is 0.0776. The molecule has 2 N–H and O–H groups in total. The Morgan fingerprint density at radius 2 is 1.77 bits per heavy atom. The lowest BCUT2D eigenvalue weighted by molar-refractivity contribution is -0.113. The minimum atomic E-state index is -0.448. The topological polar surface area (TPSA) is 71.3 Å². The number of anilines is 1. The third-order valence-corrected chi connectivity index (χ3v) is 3.93. The molecule has 1 heterocycles. The van der Waals surface area contributed by atoms with Crippen LogP contribution in [-0.4, -0.2) is 11.8 Å². The number of halogens is 1. The highest BCUT2D eigenvalue weighted by Crippen LogP contribution is 2.14.